The standard InChI is InChI=1S/C23H33N5O2.2C2HF3O2/c1-17(2)28-16-24-22-21(28)14-20(25-23(22)26(3)11-13-29-4)18-7-9-27(10-8-18)15-19-6-5-12-30-19;2*3-2(4,5)1(6)7/h5-6,12,14,16-18H,7-11,13,15H2,1-4H3;2*(H,6,7). The van der Waals surface area contributed by atoms with E-state index in [1.54, 1.807) is 13.4 Å². The van der Waals surface area contributed by atoms with Crippen molar-refractivity contribution in [2.45, 2.75) is 57.5 Å². The van der Waals surface area contributed by atoms with Crippen LogP contribution >= 0.6 is 0 Å². The molecular weight excluding hydrogens is 604 g/mol. The number of imidazole rings is 1. The van der Waals surface area contributed by atoms with E-state index in [0.29, 0.717) is 18.6 Å². The van der Waals surface area contributed by atoms with E-state index >= 15 is 0 Å². The summed E-state index contributed by atoms with van der Waals surface area (Å²) in [5, 5.41) is 14.2. The summed E-state index contributed by atoms with van der Waals surface area (Å²) in [7, 11) is 3.81. The van der Waals surface area contributed by atoms with E-state index in [9.17, 15) is 26.3 Å². The van der Waals surface area contributed by atoms with Crippen molar-refractivity contribution in [1.29, 1.82) is 0 Å². The predicted octanol–water partition coefficient (Wildman–Crippen LogP) is 5.33. The first kappa shape index (κ1) is 36.3. The Hall–Kier alpha value is -3.86. The SMILES string of the molecule is COCCN(C)c1nc(C2CCN(Cc3ccco3)CC2)cc2c1ncn2C(C)C.O=C(O)C(F)(F)F.O=C(O)C(F)(F)F. The number of nitrogens with zero attached hydrogens (tertiary/aromatic N) is 5. The van der Waals surface area contributed by atoms with Gasteiger partial charge in [0, 0.05) is 38.4 Å². The number of carboxylic acids is 2. The smallest absolute Gasteiger partial charge is 0.475 e. The Morgan fingerprint density at radius 3 is 2.14 bits per heavy atom. The Morgan fingerprint density at radius 1 is 1.11 bits per heavy atom. The number of rotatable bonds is 8. The van der Waals surface area contributed by atoms with Gasteiger partial charge < -0.3 is 28.8 Å². The maximum Gasteiger partial charge on any atom is 0.490 e. The minimum Gasteiger partial charge on any atom is -0.475 e. The van der Waals surface area contributed by atoms with Gasteiger partial charge in [-0.2, -0.15) is 26.3 Å². The molecular formula is C27H35F6N5O6. The van der Waals surface area contributed by atoms with Gasteiger partial charge in [0.2, 0.25) is 0 Å². The first-order valence-corrected chi connectivity index (χ1v) is 13.4. The summed E-state index contributed by atoms with van der Waals surface area (Å²) in [6.07, 6.45) is -4.26. The molecule has 0 amide bonds. The molecule has 0 spiro atoms. The molecule has 0 radical (unpaired) electrons. The number of pyridine rings is 1. The molecule has 1 aliphatic heterocycles. The lowest BCUT2D eigenvalue weighted by atomic mass is 9.92. The maximum absolute atomic E-state index is 10.6. The fraction of sp³-hybridized carbons (Fsp3) is 0.556. The third kappa shape index (κ3) is 10.7. The van der Waals surface area contributed by atoms with Gasteiger partial charge in [0.05, 0.1) is 31.3 Å². The van der Waals surface area contributed by atoms with Crippen LogP contribution in [0, 0.1) is 0 Å². The summed E-state index contributed by atoms with van der Waals surface area (Å²) in [4.78, 5) is 32.2. The van der Waals surface area contributed by atoms with Crippen molar-refractivity contribution < 1.29 is 55.3 Å². The Balaban J connectivity index is 0.000000402. The second kappa shape index (κ2) is 15.7. The summed E-state index contributed by atoms with van der Waals surface area (Å²) in [6, 6.07) is 6.64. The highest BCUT2D eigenvalue weighted by molar-refractivity contribution is 5.87. The fourth-order valence-corrected chi connectivity index (χ4v) is 4.26. The number of ether oxygens (including phenoxy) is 1. The van der Waals surface area contributed by atoms with Crippen LogP contribution in [0.4, 0.5) is 32.2 Å². The van der Waals surface area contributed by atoms with Crippen molar-refractivity contribution >= 4 is 28.8 Å². The second-order valence-corrected chi connectivity index (χ2v) is 10.1. The molecule has 2 N–H and O–H groups in total. The van der Waals surface area contributed by atoms with Crippen LogP contribution in [-0.2, 0) is 20.9 Å². The van der Waals surface area contributed by atoms with E-state index in [1.807, 2.05) is 12.4 Å². The van der Waals surface area contributed by atoms with Crippen LogP contribution in [0.5, 0.6) is 0 Å². The number of likely N-dealkylation sites (tertiary alicyclic amines) is 1. The van der Waals surface area contributed by atoms with Crippen LogP contribution in [0.3, 0.4) is 0 Å². The van der Waals surface area contributed by atoms with Crippen LogP contribution in [0.2, 0.25) is 0 Å². The van der Waals surface area contributed by atoms with Gasteiger partial charge in [-0.15, -0.1) is 0 Å². The number of carboxylic acid groups (broad SMARTS) is 2. The third-order valence-electron chi connectivity index (χ3n) is 6.56. The molecule has 1 fully saturated rings. The quantitative estimate of drug-likeness (QED) is 0.312. The van der Waals surface area contributed by atoms with Gasteiger partial charge in [0.25, 0.3) is 0 Å². The average Bonchev–Trinajstić information content (AvgIpc) is 3.61. The Bertz CT molecular complexity index is 1310. The number of methoxy groups -OCH3 is 1. The molecule has 0 atom stereocenters. The molecule has 0 aliphatic carbocycles. The fourth-order valence-electron chi connectivity index (χ4n) is 4.26. The number of likely N-dealkylation sites (N-methyl/N-ethyl adjacent to an activating group) is 1. The van der Waals surface area contributed by atoms with Gasteiger partial charge >= 0.3 is 24.3 Å². The lowest BCUT2D eigenvalue weighted by Crippen LogP contribution is -2.32. The molecule has 0 unspecified atom stereocenters. The van der Waals surface area contributed by atoms with Gasteiger partial charge in [-0.3, -0.25) is 4.90 Å². The Labute approximate surface area is 249 Å². The number of aromatic nitrogens is 3. The molecule has 0 bridgehead atoms. The number of aliphatic carboxylic acids is 2. The molecule has 1 saturated heterocycles. The number of halogens is 6. The van der Waals surface area contributed by atoms with Crippen molar-refractivity contribution in [3.05, 3.63) is 42.2 Å². The van der Waals surface area contributed by atoms with Crippen LogP contribution in [-0.4, -0.2) is 94.3 Å². The highest BCUT2D eigenvalue weighted by atomic mass is 19.4. The zero-order chi connectivity index (χ0) is 33.2. The highest BCUT2D eigenvalue weighted by Crippen LogP contribution is 2.33. The molecule has 17 heteroatoms. The molecule has 4 heterocycles. The lowest BCUT2D eigenvalue weighted by Gasteiger charge is -2.31. The van der Waals surface area contributed by atoms with Crippen molar-refractivity contribution in [3.8, 4) is 0 Å². The Kier molecular flexibility index (Phi) is 13.0. The highest BCUT2D eigenvalue weighted by Gasteiger charge is 2.39. The van der Waals surface area contributed by atoms with Crippen LogP contribution in [0.25, 0.3) is 11.0 Å². The average molecular weight is 640 g/mol. The predicted molar refractivity (Wildman–Crippen MR) is 146 cm³/mol. The van der Waals surface area contributed by atoms with Gasteiger partial charge in [-0.25, -0.2) is 19.6 Å². The van der Waals surface area contributed by atoms with Crippen molar-refractivity contribution in [2.24, 2.45) is 0 Å². The molecule has 246 valence electrons. The first-order chi connectivity index (χ1) is 20.4. The molecule has 11 nitrogen and oxygen atoms in total. The third-order valence-corrected chi connectivity index (χ3v) is 6.56. The van der Waals surface area contributed by atoms with Crippen molar-refractivity contribution in [2.75, 3.05) is 45.3 Å². The number of piperidine rings is 1. The minimum absolute atomic E-state index is 0.359. The summed E-state index contributed by atoms with van der Waals surface area (Å²) in [5.41, 5.74) is 3.33. The molecule has 1 aliphatic rings. The van der Waals surface area contributed by atoms with Crippen molar-refractivity contribution in [3.63, 3.8) is 0 Å². The minimum atomic E-state index is -5.08. The molecule has 4 rings (SSSR count). The molecule has 3 aromatic rings. The summed E-state index contributed by atoms with van der Waals surface area (Å²) in [5.74, 6) is -3.06. The van der Waals surface area contributed by atoms with Crippen molar-refractivity contribution in [1.82, 2.24) is 19.4 Å². The van der Waals surface area contributed by atoms with E-state index < -0.39 is 24.3 Å². The number of anilines is 1. The number of alkyl halides is 6. The van der Waals surface area contributed by atoms with Gasteiger partial charge in [0.1, 0.15) is 11.3 Å². The number of furan rings is 1. The molecule has 0 aromatic carbocycles. The van der Waals surface area contributed by atoms with Crippen LogP contribution in [0.15, 0.2) is 35.2 Å². The maximum atomic E-state index is 10.6. The van der Waals surface area contributed by atoms with Crippen LogP contribution < -0.4 is 4.90 Å². The largest absolute Gasteiger partial charge is 0.490 e. The number of fused-ring (bicyclic) bond motifs is 1. The molecule has 0 saturated carbocycles. The number of carbonyl (C=O) groups is 2. The molecule has 44 heavy (non-hydrogen) atoms. The van der Waals surface area contributed by atoms with Gasteiger partial charge in [0.15, 0.2) is 5.82 Å². The monoisotopic (exact) mass is 639 g/mol. The van der Waals surface area contributed by atoms with E-state index in [2.05, 4.69) is 47.4 Å². The summed E-state index contributed by atoms with van der Waals surface area (Å²) < 4.78 is 76.5. The number of hydrogen-bond donors (Lipinski definition) is 2. The van der Waals surface area contributed by atoms with Gasteiger partial charge in [-0.1, -0.05) is 0 Å². The van der Waals surface area contributed by atoms with E-state index in [1.165, 1.54) is 11.2 Å². The van der Waals surface area contributed by atoms with E-state index in [4.69, 9.17) is 38.9 Å². The zero-order valence-corrected chi connectivity index (χ0v) is 24.5. The lowest BCUT2D eigenvalue weighted by molar-refractivity contribution is -0.193. The Morgan fingerprint density at radius 2 is 1.68 bits per heavy atom. The number of hydrogen-bond acceptors (Lipinski definition) is 8. The molecule has 3 aromatic heterocycles. The first-order valence-electron chi connectivity index (χ1n) is 13.4. The van der Waals surface area contributed by atoms with E-state index in [0.717, 1.165) is 56.1 Å². The zero-order valence-electron chi connectivity index (χ0n) is 24.5. The van der Waals surface area contributed by atoms with E-state index in [-0.39, 0.29) is 0 Å². The van der Waals surface area contributed by atoms with Gasteiger partial charge in [-0.05, 0) is 58.0 Å². The van der Waals surface area contributed by atoms with Crippen LogP contribution in [0.1, 0.15) is 50.1 Å². The second-order valence-electron chi connectivity index (χ2n) is 10.1. The topological polar surface area (TPSA) is 134 Å². The summed E-state index contributed by atoms with van der Waals surface area (Å²) >= 11 is 0. The normalized spacial score (nSPS) is 14.5. The summed E-state index contributed by atoms with van der Waals surface area (Å²) in [6.45, 7) is 8.85.